The zero-order valence-electron chi connectivity index (χ0n) is 7.54. The van der Waals surface area contributed by atoms with Crippen molar-refractivity contribution < 1.29 is 13.6 Å². The Bertz CT molecular complexity index is 505. The lowest BCUT2D eigenvalue weighted by molar-refractivity contribution is 0.112. The van der Waals surface area contributed by atoms with Gasteiger partial charge in [-0.2, -0.15) is 0 Å². The maximum Gasteiger partial charge on any atom is 0.150 e. The molecule has 0 atom stereocenters. The highest BCUT2D eigenvalue weighted by atomic mass is 32.1. The van der Waals surface area contributed by atoms with Crippen molar-refractivity contribution in [3.63, 3.8) is 0 Å². The van der Waals surface area contributed by atoms with Gasteiger partial charge in [0.2, 0.25) is 0 Å². The van der Waals surface area contributed by atoms with E-state index in [4.69, 9.17) is 0 Å². The lowest BCUT2D eigenvalue weighted by Crippen LogP contribution is -1.83. The first-order valence-corrected chi connectivity index (χ1v) is 5.08. The average Bonchev–Trinajstić information content (AvgIpc) is 2.66. The average molecular weight is 224 g/mol. The molecule has 1 heterocycles. The second kappa shape index (κ2) is 3.90. The molecule has 0 unspecified atom stereocenters. The SMILES string of the molecule is O=Cc1csc(-c2ccc(F)cc2F)c1. The normalized spacial score (nSPS) is 10.3. The molecule has 76 valence electrons. The molecule has 0 radical (unpaired) electrons. The van der Waals surface area contributed by atoms with E-state index in [-0.39, 0.29) is 0 Å². The van der Waals surface area contributed by atoms with Gasteiger partial charge < -0.3 is 0 Å². The van der Waals surface area contributed by atoms with Gasteiger partial charge in [0.1, 0.15) is 11.6 Å². The van der Waals surface area contributed by atoms with Crippen LogP contribution in [0.15, 0.2) is 29.6 Å². The summed E-state index contributed by atoms with van der Waals surface area (Å²) in [6.07, 6.45) is 0.696. The Hall–Kier alpha value is -1.55. The summed E-state index contributed by atoms with van der Waals surface area (Å²) in [5.74, 6) is -1.22. The van der Waals surface area contributed by atoms with Crippen molar-refractivity contribution in [1.29, 1.82) is 0 Å². The van der Waals surface area contributed by atoms with E-state index in [1.165, 1.54) is 23.5 Å². The number of benzene rings is 1. The summed E-state index contributed by atoms with van der Waals surface area (Å²) >= 11 is 1.25. The lowest BCUT2D eigenvalue weighted by atomic mass is 10.1. The molecule has 1 nitrogen and oxygen atoms in total. The molecule has 0 aliphatic rings. The summed E-state index contributed by atoms with van der Waals surface area (Å²) in [6.45, 7) is 0. The van der Waals surface area contributed by atoms with Crippen LogP contribution in [0.3, 0.4) is 0 Å². The van der Waals surface area contributed by atoms with Crippen LogP contribution in [0.5, 0.6) is 0 Å². The van der Waals surface area contributed by atoms with Gasteiger partial charge >= 0.3 is 0 Å². The van der Waals surface area contributed by atoms with Gasteiger partial charge in [0.25, 0.3) is 0 Å². The first-order valence-electron chi connectivity index (χ1n) is 4.20. The van der Waals surface area contributed by atoms with E-state index in [1.54, 1.807) is 11.4 Å². The monoisotopic (exact) mass is 224 g/mol. The third-order valence-electron chi connectivity index (χ3n) is 1.95. The summed E-state index contributed by atoms with van der Waals surface area (Å²) in [7, 11) is 0. The van der Waals surface area contributed by atoms with Gasteiger partial charge in [-0.3, -0.25) is 4.79 Å². The topological polar surface area (TPSA) is 17.1 Å². The number of hydrogen-bond acceptors (Lipinski definition) is 2. The van der Waals surface area contributed by atoms with Gasteiger partial charge in [0.15, 0.2) is 6.29 Å². The number of aldehydes is 1. The number of hydrogen-bond donors (Lipinski definition) is 0. The highest BCUT2D eigenvalue weighted by Crippen LogP contribution is 2.29. The number of halogens is 2. The molecule has 2 aromatic rings. The number of rotatable bonds is 2. The Morgan fingerprint density at radius 2 is 2.00 bits per heavy atom. The molecule has 0 fully saturated rings. The molecule has 0 saturated carbocycles. The standard InChI is InChI=1S/C11H6F2OS/c12-8-1-2-9(10(13)4-8)11-3-7(5-14)6-15-11/h1-6H. The van der Waals surface area contributed by atoms with Crippen LogP contribution in [0.25, 0.3) is 10.4 Å². The van der Waals surface area contributed by atoms with E-state index >= 15 is 0 Å². The van der Waals surface area contributed by atoms with Crippen molar-refractivity contribution in [1.82, 2.24) is 0 Å². The smallest absolute Gasteiger partial charge is 0.150 e. The molecule has 4 heteroatoms. The molecule has 0 N–H and O–H groups in total. The molecule has 2 rings (SSSR count). The van der Waals surface area contributed by atoms with Gasteiger partial charge in [-0.05, 0) is 18.2 Å². The zero-order chi connectivity index (χ0) is 10.8. The second-order valence-electron chi connectivity index (χ2n) is 2.99. The minimum Gasteiger partial charge on any atom is -0.298 e. The molecule has 0 amide bonds. The van der Waals surface area contributed by atoms with E-state index in [1.807, 2.05) is 0 Å². The fraction of sp³-hybridized carbons (Fsp3) is 0. The van der Waals surface area contributed by atoms with Crippen LogP contribution in [-0.4, -0.2) is 6.29 Å². The molecular formula is C11H6F2OS. The van der Waals surface area contributed by atoms with Crippen LogP contribution >= 0.6 is 11.3 Å². The van der Waals surface area contributed by atoms with Crippen LogP contribution in [0.1, 0.15) is 10.4 Å². The van der Waals surface area contributed by atoms with Gasteiger partial charge in [-0.25, -0.2) is 8.78 Å². The molecule has 0 bridgehead atoms. The third kappa shape index (κ3) is 1.94. The Morgan fingerprint density at radius 3 is 2.60 bits per heavy atom. The Labute approximate surface area is 89.0 Å². The highest BCUT2D eigenvalue weighted by Gasteiger charge is 2.08. The second-order valence-corrected chi connectivity index (χ2v) is 3.90. The predicted octanol–water partition coefficient (Wildman–Crippen LogP) is 3.51. The van der Waals surface area contributed by atoms with E-state index in [0.29, 0.717) is 22.3 Å². The molecule has 0 aliphatic carbocycles. The maximum absolute atomic E-state index is 13.3. The fourth-order valence-electron chi connectivity index (χ4n) is 1.24. The first kappa shape index (κ1) is 9.98. The van der Waals surface area contributed by atoms with Crippen LogP contribution in [0.2, 0.25) is 0 Å². The van der Waals surface area contributed by atoms with E-state index in [0.717, 1.165) is 6.07 Å². The predicted molar refractivity (Wildman–Crippen MR) is 55.1 cm³/mol. The maximum atomic E-state index is 13.3. The minimum absolute atomic E-state index is 0.314. The molecule has 15 heavy (non-hydrogen) atoms. The van der Waals surface area contributed by atoms with E-state index < -0.39 is 11.6 Å². The van der Waals surface area contributed by atoms with Gasteiger partial charge in [-0.1, -0.05) is 0 Å². The van der Waals surface area contributed by atoms with E-state index in [2.05, 4.69) is 0 Å². The minimum atomic E-state index is -0.616. The van der Waals surface area contributed by atoms with Gasteiger partial charge in [0, 0.05) is 27.5 Å². The molecule has 0 aliphatic heterocycles. The quantitative estimate of drug-likeness (QED) is 0.713. The summed E-state index contributed by atoms with van der Waals surface area (Å²) in [4.78, 5) is 11.1. The van der Waals surface area contributed by atoms with Crippen molar-refractivity contribution in [2.45, 2.75) is 0 Å². The molecule has 1 aromatic carbocycles. The van der Waals surface area contributed by atoms with Crippen LogP contribution in [0, 0.1) is 11.6 Å². The first-order chi connectivity index (χ1) is 7.20. The fourth-order valence-corrected chi connectivity index (χ4v) is 2.13. The van der Waals surface area contributed by atoms with Crippen LogP contribution < -0.4 is 0 Å². The lowest BCUT2D eigenvalue weighted by Gasteiger charge is -1.98. The van der Waals surface area contributed by atoms with Gasteiger partial charge in [-0.15, -0.1) is 11.3 Å². The Kier molecular flexibility index (Phi) is 2.60. The van der Waals surface area contributed by atoms with Crippen molar-refractivity contribution in [3.8, 4) is 10.4 Å². The van der Waals surface area contributed by atoms with Crippen LogP contribution in [0.4, 0.5) is 8.78 Å². The van der Waals surface area contributed by atoms with Crippen LogP contribution in [-0.2, 0) is 0 Å². The molecule has 1 aromatic heterocycles. The molecule has 0 spiro atoms. The summed E-state index contributed by atoms with van der Waals surface area (Å²) in [6, 6.07) is 4.97. The van der Waals surface area contributed by atoms with Crippen molar-refractivity contribution in [3.05, 3.63) is 46.8 Å². The third-order valence-corrected chi connectivity index (χ3v) is 2.93. The Morgan fingerprint density at radius 1 is 1.20 bits per heavy atom. The van der Waals surface area contributed by atoms with Crippen molar-refractivity contribution >= 4 is 17.6 Å². The number of carbonyl (C=O) groups excluding carboxylic acids is 1. The number of carbonyl (C=O) groups is 1. The zero-order valence-corrected chi connectivity index (χ0v) is 8.35. The molecule has 0 saturated heterocycles. The molecular weight excluding hydrogens is 218 g/mol. The summed E-state index contributed by atoms with van der Waals surface area (Å²) < 4.78 is 26.0. The largest absolute Gasteiger partial charge is 0.298 e. The summed E-state index contributed by atoms with van der Waals surface area (Å²) in [5.41, 5.74) is 0.813. The van der Waals surface area contributed by atoms with E-state index in [9.17, 15) is 13.6 Å². The summed E-state index contributed by atoms with van der Waals surface area (Å²) in [5, 5.41) is 1.63. The number of thiophene rings is 1. The van der Waals surface area contributed by atoms with Crippen molar-refractivity contribution in [2.75, 3.05) is 0 Å². The highest BCUT2D eigenvalue weighted by molar-refractivity contribution is 7.13. The Balaban J connectivity index is 2.49. The van der Waals surface area contributed by atoms with Crippen molar-refractivity contribution in [2.24, 2.45) is 0 Å². The van der Waals surface area contributed by atoms with Gasteiger partial charge in [0.05, 0.1) is 0 Å².